The first kappa shape index (κ1) is 27.1. The molecule has 0 aromatic heterocycles. The van der Waals surface area contributed by atoms with Crippen molar-refractivity contribution in [1.82, 2.24) is 10.4 Å². The molecule has 1 fully saturated rings. The number of halogens is 1. The van der Waals surface area contributed by atoms with Crippen LogP contribution in [0.25, 0.3) is 0 Å². The molecule has 0 spiro atoms. The number of esters is 1. The average Bonchev–Trinajstić information content (AvgIpc) is 3.29. The second kappa shape index (κ2) is 12.5. The van der Waals surface area contributed by atoms with Crippen LogP contribution >= 0.6 is 15.9 Å². The monoisotopic (exact) mass is 577 g/mol. The summed E-state index contributed by atoms with van der Waals surface area (Å²) in [7, 11) is 0. The number of carbonyl (C=O) groups is 4. The summed E-state index contributed by atoms with van der Waals surface area (Å²) in [5.74, 6) is -3.34. The molecule has 1 aliphatic heterocycles. The van der Waals surface area contributed by atoms with Crippen molar-refractivity contribution >= 4 is 45.3 Å². The molecule has 4 rings (SSSR count). The number of nitrogens with one attached hydrogen (secondary N) is 2. The Labute approximate surface area is 229 Å². The Morgan fingerprint density at radius 3 is 2.24 bits per heavy atom. The number of anilines is 1. The van der Waals surface area contributed by atoms with Gasteiger partial charge >= 0.3 is 5.97 Å². The van der Waals surface area contributed by atoms with Gasteiger partial charge in [-0.25, -0.2) is 0 Å². The van der Waals surface area contributed by atoms with E-state index in [9.17, 15) is 19.2 Å². The van der Waals surface area contributed by atoms with E-state index in [2.05, 4.69) is 26.7 Å². The second-order valence-corrected chi connectivity index (χ2v) is 9.86. The maximum Gasteiger partial charge on any atom is 0.311 e. The first-order valence-corrected chi connectivity index (χ1v) is 13.1. The van der Waals surface area contributed by atoms with Crippen molar-refractivity contribution in [2.24, 2.45) is 5.92 Å². The summed E-state index contributed by atoms with van der Waals surface area (Å²) in [6.45, 7) is 1.47. The molecule has 0 saturated carbocycles. The quantitative estimate of drug-likeness (QED) is 0.371. The molecule has 3 amide bonds. The van der Waals surface area contributed by atoms with Crippen molar-refractivity contribution in [1.29, 1.82) is 0 Å². The average molecular weight is 578 g/mol. The fraction of sp³-hybridized carbons (Fsp3) is 0.241. The van der Waals surface area contributed by atoms with E-state index >= 15 is 0 Å². The predicted molar refractivity (Wildman–Crippen MR) is 146 cm³/mol. The molecular formula is C29H28BrN3O5. The fourth-order valence-electron chi connectivity index (χ4n) is 4.37. The minimum absolute atomic E-state index is 0.0337. The Hall–Kier alpha value is -3.98. The summed E-state index contributed by atoms with van der Waals surface area (Å²) < 4.78 is 6.10. The number of benzene rings is 3. The largest absolute Gasteiger partial charge is 0.455 e. The van der Waals surface area contributed by atoms with E-state index in [-0.39, 0.29) is 18.9 Å². The van der Waals surface area contributed by atoms with E-state index in [0.717, 1.165) is 32.6 Å². The van der Waals surface area contributed by atoms with Crippen molar-refractivity contribution in [3.8, 4) is 0 Å². The van der Waals surface area contributed by atoms with Crippen LogP contribution in [0.1, 0.15) is 36.0 Å². The number of carbonyl (C=O) groups excluding carboxylic acids is 4. The van der Waals surface area contributed by atoms with E-state index < -0.39 is 36.2 Å². The third-order valence-corrected chi connectivity index (χ3v) is 6.79. The summed E-state index contributed by atoms with van der Waals surface area (Å²) in [4.78, 5) is 50.9. The Bertz CT molecular complexity index is 1280. The molecule has 9 heteroatoms. The van der Waals surface area contributed by atoms with Crippen molar-refractivity contribution in [2.75, 3.05) is 18.5 Å². The molecule has 1 saturated heterocycles. The Morgan fingerprint density at radius 2 is 1.63 bits per heavy atom. The fourth-order valence-corrected chi connectivity index (χ4v) is 4.78. The van der Waals surface area contributed by atoms with Gasteiger partial charge in [0.25, 0.3) is 11.8 Å². The van der Waals surface area contributed by atoms with Gasteiger partial charge in [0.05, 0.1) is 18.4 Å². The lowest BCUT2D eigenvalue weighted by molar-refractivity contribution is -0.151. The van der Waals surface area contributed by atoms with Gasteiger partial charge in [0, 0.05) is 16.6 Å². The van der Waals surface area contributed by atoms with E-state index in [1.54, 1.807) is 6.07 Å². The standard InChI is InChI=1S/C29H28BrN3O5/c1-2-19-15-23(30)13-14-24(19)31-25(34)18-38-29(37)22-16-26(35)33(17-22)32-28(36)27(20-9-5-3-6-10-20)21-11-7-4-8-12-21/h3-15,22,27H,2,16-18H2,1H3,(H,31,34)(H,32,36)/t22-/m1/s1. The summed E-state index contributed by atoms with van der Waals surface area (Å²) in [5, 5.41) is 3.91. The lowest BCUT2D eigenvalue weighted by Gasteiger charge is -2.23. The number of amides is 3. The van der Waals surface area contributed by atoms with Crippen LogP contribution in [-0.4, -0.2) is 41.9 Å². The minimum atomic E-state index is -0.790. The zero-order chi connectivity index (χ0) is 27.1. The van der Waals surface area contributed by atoms with Gasteiger partial charge in [0.15, 0.2) is 6.61 Å². The molecule has 2 N–H and O–H groups in total. The lowest BCUT2D eigenvalue weighted by Crippen LogP contribution is -2.45. The Balaban J connectivity index is 1.34. The summed E-state index contributed by atoms with van der Waals surface area (Å²) in [5.41, 5.74) is 5.83. The predicted octanol–water partition coefficient (Wildman–Crippen LogP) is 4.21. The van der Waals surface area contributed by atoms with Gasteiger partial charge in [-0.3, -0.25) is 29.6 Å². The SMILES string of the molecule is CCc1cc(Br)ccc1NC(=O)COC(=O)[C@@H]1CC(=O)N(NC(=O)C(c2ccccc2)c2ccccc2)C1. The highest BCUT2D eigenvalue weighted by atomic mass is 79.9. The lowest BCUT2D eigenvalue weighted by atomic mass is 9.91. The maximum atomic E-state index is 13.3. The van der Waals surface area contributed by atoms with Gasteiger partial charge in [-0.1, -0.05) is 83.5 Å². The summed E-state index contributed by atoms with van der Waals surface area (Å²) >= 11 is 3.41. The molecule has 196 valence electrons. The number of rotatable bonds is 9. The molecule has 38 heavy (non-hydrogen) atoms. The molecule has 3 aromatic rings. The van der Waals surface area contributed by atoms with Crippen molar-refractivity contribution in [3.63, 3.8) is 0 Å². The highest BCUT2D eigenvalue weighted by Gasteiger charge is 2.37. The second-order valence-electron chi connectivity index (χ2n) is 8.95. The third-order valence-electron chi connectivity index (χ3n) is 6.30. The van der Waals surface area contributed by atoms with E-state index in [0.29, 0.717) is 5.69 Å². The highest BCUT2D eigenvalue weighted by Crippen LogP contribution is 2.26. The molecule has 0 unspecified atom stereocenters. The van der Waals surface area contributed by atoms with Crippen LogP contribution in [0.3, 0.4) is 0 Å². The van der Waals surface area contributed by atoms with Gasteiger partial charge in [0.2, 0.25) is 5.91 Å². The molecule has 0 aliphatic carbocycles. The van der Waals surface area contributed by atoms with E-state index in [1.807, 2.05) is 79.7 Å². The maximum absolute atomic E-state index is 13.3. The number of hydrazine groups is 1. The molecule has 8 nitrogen and oxygen atoms in total. The zero-order valence-corrected chi connectivity index (χ0v) is 22.4. The molecule has 1 aliphatic rings. The van der Waals surface area contributed by atoms with Gasteiger partial charge in [-0.15, -0.1) is 0 Å². The van der Waals surface area contributed by atoms with Crippen molar-refractivity contribution in [3.05, 3.63) is 100 Å². The van der Waals surface area contributed by atoms with E-state index in [4.69, 9.17) is 4.74 Å². The number of hydrogen-bond donors (Lipinski definition) is 2. The molecule has 0 radical (unpaired) electrons. The molecule has 1 atom stereocenters. The van der Waals surface area contributed by atoms with Crippen LogP contribution < -0.4 is 10.7 Å². The summed E-state index contributed by atoms with van der Waals surface area (Å²) in [6.07, 6.45) is 0.602. The van der Waals surface area contributed by atoms with Crippen LogP contribution in [0.15, 0.2) is 83.3 Å². The first-order valence-electron chi connectivity index (χ1n) is 12.3. The minimum Gasteiger partial charge on any atom is -0.455 e. The Kier molecular flexibility index (Phi) is 8.91. The van der Waals surface area contributed by atoms with Crippen LogP contribution in [0, 0.1) is 5.92 Å². The van der Waals surface area contributed by atoms with Crippen LogP contribution in [0.2, 0.25) is 0 Å². The van der Waals surface area contributed by atoms with Crippen LogP contribution in [-0.2, 0) is 30.3 Å². The van der Waals surface area contributed by atoms with Gasteiger partial charge in [-0.2, -0.15) is 0 Å². The smallest absolute Gasteiger partial charge is 0.311 e. The van der Waals surface area contributed by atoms with Gasteiger partial charge < -0.3 is 10.1 Å². The molecular weight excluding hydrogens is 550 g/mol. The van der Waals surface area contributed by atoms with Gasteiger partial charge in [-0.05, 0) is 41.3 Å². The first-order chi connectivity index (χ1) is 18.4. The van der Waals surface area contributed by atoms with E-state index in [1.165, 1.54) is 0 Å². The third kappa shape index (κ3) is 6.66. The van der Waals surface area contributed by atoms with Crippen LogP contribution in [0.4, 0.5) is 5.69 Å². The molecule has 0 bridgehead atoms. The topological polar surface area (TPSA) is 105 Å². The molecule has 3 aromatic carbocycles. The normalized spacial score (nSPS) is 14.9. The zero-order valence-electron chi connectivity index (χ0n) is 20.9. The molecule has 1 heterocycles. The van der Waals surface area contributed by atoms with Crippen LogP contribution in [0.5, 0.6) is 0 Å². The number of ether oxygens (including phenoxy) is 1. The number of aryl methyl sites for hydroxylation is 1. The Morgan fingerprint density at radius 1 is 1.00 bits per heavy atom. The number of hydrogen-bond acceptors (Lipinski definition) is 5. The summed E-state index contributed by atoms with van der Waals surface area (Å²) in [6, 6.07) is 24.0. The highest BCUT2D eigenvalue weighted by molar-refractivity contribution is 9.10. The van der Waals surface area contributed by atoms with Crippen molar-refractivity contribution < 1.29 is 23.9 Å². The number of nitrogens with zero attached hydrogens (tertiary/aromatic N) is 1. The van der Waals surface area contributed by atoms with Crippen molar-refractivity contribution in [2.45, 2.75) is 25.7 Å². The van der Waals surface area contributed by atoms with Gasteiger partial charge in [0.1, 0.15) is 0 Å².